The van der Waals surface area contributed by atoms with E-state index >= 15 is 0 Å². The minimum Gasteiger partial charge on any atom is -0.492 e. The second-order valence-corrected chi connectivity index (χ2v) is 12.4. The molecule has 1 aliphatic heterocycles. The number of thiazole rings is 1. The fourth-order valence-corrected chi connectivity index (χ4v) is 7.75. The van der Waals surface area contributed by atoms with Crippen molar-refractivity contribution in [3.05, 3.63) is 66.5 Å². The number of ether oxygens (including phenoxy) is 1. The highest BCUT2D eigenvalue weighted by Crippen LogP contribution is 2.35. The monoisotopic (exact) mass is 567 g/mol. The molecule has 0 spiro atoms. The van der Waals surface area contributed by atoms with Crippen LogP contribution in [0.4, 0.5) is 5.13 Å². The number of benzene rings is 2. The third kappa shape index (κ3) is 5.70. The molecule has 11 heteroatoms. The lowest BCUT2D eigenvalue weighted by Crippen LogP contribution is -2.43. The Labute approximate surface area is 233 Å². The van der Waals surface area contributed by atoms with E-state index in [9.17, 15) is 13.2 Å². The second-order valence-electron chi connectivity index (χ2n) is 9.46. The van der Waals surface area contributed by atoms with Crippen LogP contribution in [0, 0.1) is 0 Å². The van der Waals surface area contributed by atoms with Crippen LogP contribution in [-0.2, 0) is 16.6 Å². The minimum absolute atomic E-state index is 0.0171. The molecular formula is C28H33N5O4S2. The number of aromatic nitrogens is 3. The molecule has 1 amide bonds. The number of hydrogen-bond donors (Lipinski definition) is 0. The highest BCUT2D eigenvalue weighted by Gasteiger charge is 2.32. The van der Waals surface area contributed by atoms with Crippen LogP contribution in [0.25, 0.3) is 10.2 Å². The standard InChI is InChI=1S/C28H33N5O4S2/c1-3-22-9-5-6-18-33(22)39(35,36)23-14-12-21(13-15-23)27(34)32(20-19-31-17-8-16-29-31)28-30-26-24(37-4-2)10-7-11-25(26)38-28/h7-8,10-17,22H,3-6,9,18-20H2,1-2H3. The van der Waals surface area contributed by atoms with E-state index in [1.165, 1.54) is 11.3 Å². The largest absolute Gasteiger partial charge is 0.492 e. The molecule has 2 aromatic carbocycles. The Hall–Kier alpha value is -3.28. The quantitative estimate of drug-likeness (QED) is 0.262. The van der Waals surface area contributed by atoms with Crippen molar-refractivity contribution in [2.75, 3.05) is 24.6 Å². The zero-order valence-electron chi connectivity index (χ0n) is 22.2. The second kappa shape index (κ2) is 11.8. The molecule has 1 fully saturated rings. The van der Waals surface area contributed by atoms with Gasteiger partial charge in [0.1, 0.15) is 11.3 Å². The maximum Gasteiger partial charge on any atom is 0.260 e. The zero-order chi connectivity index (χ0) is 27.4. The van der Waals surface area contributed by atoms with E-state index in [-0.39, 0.29) is 16.8 Å². The van der Waals surface area contributed by atoms with Gasteiger partial charge in [-0.3, -0.25) is 14.4 Å². The van der Waals surface area contributed by atoms with Gasteiger partial charge in [0.05, 0.1) is 22.7 Å². The maximum absolute atomic E-state index is 13.8. The molecule has 3 heterocycles. The van der Waals surface area contributed by atoms with E-state index in [1.54, 1.807) is 44.3 Å². The minimum atomic E-state index is -3.63. The molecule has 5 rings (SSSR count). The van der Waals surface area contributed by atoms with Crippen molar-refractivity contribution in [1.29, 1.82) is 0 Å². The van der Waals surface area contributed by atoms with Crippen LogP contribution < -0.4 is 9.64 Å². The topological polar surface area (TPSA) is 97.6 Å². The molecule has 1 atom stereocenters. The fourth-order valence-electron chi connectivity index (χ4n) is 4.98. The Bertz CT molecular complexity index is 1520. The number of sulfonamides is 1. The highest BCUT2D eigenvalue weighted by molar-refractivity contribution is 7.89. The summed E-state index contributed by atoms with van der Waals surface area (Å²) < 4.78 is 36.9. The van der Waals surface area contributed by atoms with Gasteiger partial charge in [-0.15, -0.1) is 0 Å². The summed E-state index contributed by atoms with van der Waals surface area (Å²) >= 11 is 1.42. The molecular weight excluding hydrogens is 534 g/mol. The smallest absolute Gasteiger partial charge is 0.260 e. The van der Waals surface area contributed by atoms with E-state index in [1.807, 2.05) is 44.3 Å². The van der Waals surface area contributed by atoms with E-state index in [0.717, 1.165) is 30.4 Å². The summed E-state index contributed by atoms with van der Waals surface area (Å²) in [6.45, 7) is 5.81. The van der Waals surface area contributed by atoms with Crippen LogP contribution in [0.3, 0.4) is 0 Å². The number of anilines is 1. The van der Waals surface area contributed by atoms with Gasteiger partial charge in [0, 0.05) is 37.1 Å². The fraction of sp³-hybridized carbons (Fsp3) is 0.393. The summed E-state index contributed by atoms with van der Waals surface area (Å²) in [6.07, 6.45) is 7.12. The number of piperidine rings is 1. The lowest BCUT2D eigenvalue weighted by atomic mass is 10.0. The lowest BCUT2D eigenvalue weighted by Gasteiger charge is -2.34. The average Bonchev–Trinajstić information content (AvgIpc) is 3.64. The SMILES string of the molecule is CCOc1cccc2sc(N(CCn3cccn3)C(=O)c3ccc(S(=O)(=O)N4CCCCC4CC)cc3)nc12. The molecule has 1 saturated heterocycles. The lowest BCUT2D eigenvalue weighted by molar-refractivity contribution is 0.0985. The van der Waals surface area contributed by atoms with Crippen LogP contribution in [0.15, 0.2) is 65.8 Å². The van der Waals surface area contributed by atoms with Gasteiger partial charge < -0.3 is 4.74 Å². The van der Waals surface area contributed by atoms with E-state index < -0.39 is 10.0 Å². The van der Waals surface area contributed by atoms with E-state index in [4.69, 9.17) is 9.72 Å². The van der Waals surface area contributed by atoms with Crippen molar-refractivity contribution in [3.63, 3.8) is 0 Å². The summed E-state index contributed by atoms with van der Waals surface area (Å²) in [5.74, 6) is 0.419. The predicted octanol–water partition coefficient (Wildman–Crippen LogP) is 5.19. The Balaban J connectivity index is 1.44. The molecule has 0 radical (unpaired) electrons. The van der Waals surface area contributed by atoms with Crippen LogP contribution >= 0.6 is 11.3 Å². The Morgan fingerprint density at radius 3 is 2.67 bits per heavy atom. The molecule has 0 aliphatic carbocycles. The number of nitrogens with zero attached hydrogens (tertiary/aromatic N) is 5. The van der Waals surface area contributed by atoms with E-state index in [0.29, 0.717) is 48.2 Å². The third-order valence-corrected chi connectivity index (χ3v) is 10.0. The van der Waals surface area contributed by atoms with Crippen molar-refractivity contribution in [3.8, 4) is 5.75 Å². The Morgan fingerprint density at radius 2 is 1.95 bits per heavy atom. The number of amides is 1. The summed E-state index contributed by atoms with van der Waals surface area (Å²) in [5.41, 5.74) is 1.11. The third-order valence-electron chi connectivity index (χ3n) is 7.01. The molecule has 0 bridgehead atoms. The average molecular weight is 568 g/mol. The molecule has 0 N–H and O–H groups in total. The summed E-state index contributed by atoms with van der Waals surface area (Å²) in [6, 6.07) is 13.9. The van der Waals surface area contributed by atoms with Gasteiger partial charge in [-0.05, 0) is 68.7 Å². The predicted molar refractivity (Wildman–Crippen MR) is 153 cm³/mol. The Morgan fingerprint density at radius 1 is 1.13 bits per heavy atom. The summed E-state index contributed by atoms with van der Waals surface area (Å²) in [4.78, 5) is 20.4. The van der Waals surface area contributed by atoms with E-state index in [2.05, 4.69) is 5.10 Å². The van der Waals surface area contributed by atoms with Crippen molar-refractivity contribution in [2.45, 2.75) is 57.0 Å². The molecule has 1 aliphatic rings. The van der Waals surface area contributed by atoms with Gasteiger partial charge in [0.15, 0.2) is 5.13 Å². The molecule has 0 saturated carbocycles. The molecule has 9 nitrogen and oxygen atoms in total. The molecule has 206 valence electrons. The van der Waals surface area contributed by atoms with Crippen LogP contribution in [0.1, 0.15) is 49.9 Å². The normalized spacial score (nSPS) is 16.4. The number of carbonyl (C=O) groups excluding carboxylic acids is 1. The molecule has 4 aromatic rings. The van der Waals surface area contributed by atoms with Crippen molar-refractivity contribution in [2.24, 2.45) is 0 Å². The van der Waals surface area contributed by atoms with Crippen LogP contribution in [-0.4, -0.2) is 59.1 Å². The number of fused-ring (bicyclic) bond motifs is 1. The molecule has 2 aromatic heterocycles. The van der Waals surface area contributed by atoms with Gasteiger partial charge in [-0.1, -0.05) is 30.7 Å². The first-order valence-electron chi connectivity index (χ1n) is 13.4. The van der Waals surface area contributed by atoms with Gasteiger partial charge >= 0.3 is 0 Å². The molecule has 1 unspecified atom stereocenters. The number of hydrogen-bond acceptors (Lipinski definition) is 7. The summed E-state index contributed by atoms with van der Waals surface area (Å²) in [5, 5.41) is 4.81. The maximum atomic E-state index is 13.8. The number of para-hydroxylation sites is 1. The first-order valence-corrected chi connectivity index (χ1v) is 15.6. The van der Waals surface area contributed by atoms with Gasteiger partial charge in [0.25, 0.3) is 5.91 Å². The summed E-state index contributed by atoms with van der Waals surface area (Å²) in [7, 11) is -3.63. The highest BCUT2D eigenvalue weighted by atomic mass is 32.2. The zero-order valence-corrected chi connectivity index (χ0v) is 23.8. The van der Waals surface area contributed by atoms with Crippen molar-refractivity contribution < 1.29 is 17.9 Å². The van der Waals surface area contributed by atoms with Gasteiger partial charge in [0.2, 0.25) is 10.0 Å². The van der Waals surface area contributed by atoms with Gasteiger partial charge in [-0.2, -0.15) is 9.40 Å². The first-order chi connectivity index (χ1) is 18.9. The number of rotatable bonds is 10. The first kappa shape index (κ1) is 27.3. The molecule has 39 heavy (non-hydrogen) atoms. The Kier molecular flexibility index (Phi) is 8.29. The van der Waals surface area contributed by atoms with Crippen LogP contribution in [0.2, 0.25) is 0 Å². The van der Waals surface area contributed by atoms with Crippen LogP contribution in [0.5, 0.6) is 5.75 Å². The van der Waals surface area contributed by atoms with Crippen molar-refractivity contribution >= 4 is 42.6 Å². The van der Waals surface area contributed by atoms with Gasteiger partial charge in [-0.25, -0.2) is 13.4 Å². The van der Waals surface area contributed by atoms with Crippen molar-refractivity contribution in [1.82, 2.24) is 19.1 Å². The number of carbonyl (C=O) groups is 1.